The molecule has 0 radical (unpaired) electrons. The van der Waals surface area contributed by atoms with E-state index in [1.54, 1.807) is 24.3 Å². The van der Waals surface area contributed by atoms with Crippen molar-refractivity contribution in [2.45, 2.75) is 70.0 Å². The third-order valence-corrected chi connectivity index (χ3v) is 7.01. The van der Waals surface area contributed by atoms with Crippen molar-refractivity contribution in [3.8, 4) is 11.8 Å². The van der Waals surface area contributed by atoms with Crippen molar-refractivity contribution >= 4 is 33.3 Å². The first-order valence-corrected chi connectivity index (χ1v) is 12.1. The maximum atomic E-state index is 12.6. The summed E-state index contributed by atoms with van der Waals surface area (Å²) in [6, 6.07) is 14.6. The van der Waals surface area contributed by atoms with Gasteiger partial charge in [-0.3, -0.25) is 9.59 Å². The normalized spacial score (nSPS) is 12.5. The molecule has 0 spiro atoms. The average Bonchev–Trinajstić information content (AvgIpc) is 2.81. The van der Waals surface area contributed by atoms with Crippen LogP contribution in [0.2, 0.25) is 0 Å². The van der Waals surface area contributed by atoms with Gasteiger partial charge in [-0.1, -0.05) is 81.7 Å². The number of Topliss-reactive ketones (excluding diaryl/α,β-unsaturated/α-hetero) is 1. The monoisotopic (exact) mass is 512 g/mol. The van der Waals surface area contributed by atoms with E-state index in [1.807, 2.05) is 12.1 Å². The van der Waals surface area contributed by atoms with Gasteiger partial charge in [-0.2, -0.15) is 5.26 Å². The Hall–Kier alpha value is -2.65. The van der Waals surface area contributed by atoms with Crippen LogP contribution in [0.4, 0.5) is 5.69 Å². The van der Waals surface area contributed by atoms with Gasteiger partial charge in [-0.05, 0) is 47.4 Å². The first kappa shape index (κ1) is 26.6. The van der Waals surface area contributed by atoms with E-state index in [1.165, 1.54) is 5.56 Å². The standard InChI is InChI=1S/C27H33BrN2O3/c1-7-26(3,4)19-12-13-23(21(15-19)27(5,6)8-2)33-17-24(31)30-20-11-9-10-18(14-20)25(32)22(28)16-29/h9-15,22H,7-8,17H2,1-6H3,(H,30,31). The number of nitrogens with one attached hydrogen (secondary N) is 1. The summed E-state index contributed by atoms with van der Waals surface area (Å²) in [5, 5.41) is 11.7. The SMILES string of the molecule is CCC(C)(C)c1ccc(OCC(=O)Nc2cccc(C(=O)C(Br)C#N)c2)c(C(C)(C)CC)c1. The first-order chi connectivity index (χ1) is 15.4. The summed E-state index contributed by atoms with van der Waals surface area (Å²) in [4.78, 5) is 23.9. The first-order valence-electron chi connectivity index (χ1n) is 11.2. The Kier molecular flexibility index (Phi) is 8.85. The van der Waals surface area contributed by atoms with Crippen molar-refractivity contribution in [3.63, 3.8) is 0 Å². The highest BCUT2D eigenvalue weighted by Gasteiger charge is 2.27. The molecule has 6 heteroatoms. The van der Waals surface area contributed by atoms with Gasteiger partial charge >= 0.3 is 0 Å². The Morgan fingerprint density at radius 1 is 1.06 bits per heavy atom. The number of hydrogen-bond donors (Lipinski definition) is 1. The maximum Gasteiger partial charge on any atom is 0.262 e. The van der Waals surface area contributed by atoms with E-state index < -0.39 is 4.83 Å². The highest BCUT2D eigenvalue weighted by Crippen LogP contribution is 2.38. The molecule has 2 aromatic carbocycles. The molecule has 0 aliphatic carbocycles. The molecule has 0 fully saturated rings. The van der Waals surface area contributed by atoms with Crippen LogP contribution in [0.3, 0.4) is 0 Å². The van der Waals surface area contributed by atoms with Gasteiger partial charge in [-0.15, -0.1) is 0 Å². The van der Waals surface area contributed by atoms with E-state index in [0.717, 1.165) is 18.4 Å². The minimum atomic E-state index is -0.923. The smallest absolute Gasteiger partial charge is 0.262 e. The number of hydrogen-bond acceptors (Lipinski definition) is 4. The largest absolute Gasteiger partial charge is 0.483 e. The highest BCUT2D eigenvalue weighted by atomic mass is 79.9. The fourth-order valence-corrected chi connectivity index (χ4v) is 3.56. The molecule has 0 aliphatic heterocycles. The van der Waals surface area contributed by atoms with Gasteiger partial charge in [0.15, 0.2) is 17.2 Å². The van der Waals surface area contributed by atoms with E-state index in [0.29, 0.717) is 17.0 Å². The summed E-state index contributed by atoms with van der Waals surface area (Å²) in [6.07, 6.45) is 1.96. The second kappa shape index (κ2) is 11.0. The van der Waals surface area contributed by atoms with Crippen molar-refractivity contribution in [1.82, 2.24) is 0 Å². The van der Waals surface area contributed by atoms with E-state index >= 15 is 0 Å². The van der Waals surface area contributed by atoms with Crippen LogP contribution in [-0.2, 0) is 15.6 Å². The molecule has 176 valence electrons. The lowest BCUT2D eigenvalue weighted by Crippen LogP contribution is -2.24. The Bertz CT molecular complexity index is 1050. The van der Waals surface area contributed by atoms with E-state index in [4.69, 9.17) is 10.00 Å². The van der Waals surface area contributed by atoms with Crippen molar-refractivity contribution < 1.29 is 14.3 Å². The molecule has 1 amide bonds. The highest BCUT2D eigenvalue weighted by molar-refractivity contribution is 9.10. The van der Waals surface area contributed by atoms with Crippen molar-refractivity contribution in [3.05, 3.63) is 59.2 Å². The molecule has 0 saturated carbocycles. The van der Waals surface area contributed by atoms with Crippen LogP contribution in [0.5, 0.6) is 5.75 Å². The number of nitriles is 1. The zero-order chi connectivity index (χ0) is 24.8. The van der Waals surface area contributed by atoms with Gasteiger partial charge in [0.25, 0.3) is 5.91 Å². The number of ketones is 1. The number of anilines is 1. The summed E-state index contributed by atoms with van der Waals surface area (Å²) in [5.74, 6) is 0.0209. The minimum absolute atomic E-state index is 0.0522. The summed E-state index contributed by atoms with van der Waals surface area (Å²) in [7, 11) is 0. The number of carbonyl (C=O) groups excluding carboxylic acids is 2. The summed E-state index contributed by atoms with van der Waals surface area (Å²) < 4.78 is 5.96. The van der Waals surface area contributed by atoms with Crippen molar-refractivity contribution in [2.24, 2.45) is 0 Å². The topological polar surface area (TPSA) is 79.2 Å². The van der Waals surface area contributed by atoms with Gasteiger partial charge in [0, 0.05) is 16.8 Å². The quantitative estimate of drug-likeness (QED) is 0.289. The Balaban J connectivity index is 2.18. The van der Waals surface area contributed by atoms with Crippen LogP contribution in [0.25, 0.3) is 0 Å². The van der Waals surface area contributed by atoms with E-state index in [2.05, 4.69) is 74.9 Å². The molecule has 0 aromatic heterocycles. The average molecular weight is 513 g/mol. The number of halogens is 1. The fraction of sp³-hybridized carbons (Fsp3) is 0.444. The summed E-state index contributed by atoms with van der Waals surface area (Å²) in [5.41, 5.74) is 3.11. The zero-order valence-corrected chi connectivity index (χ0v) is 21.9. The zero-order valence-electron chi connectivity index (χ0n) is 20.3. The molecule has 2 aromatic rings. The van der Waals surface area contributed by atoms with E-state index in [-0.39, 0.29) is 29.1 Å². The molecule has 0 saturated heterocycles. The second-order valence-electron chi connectivity index (χ2n) is 9.46. The van der Waals surface area contributed by atoms with Crippen LogP contribution in [0, 0.1) is 11.3 Å². The minimum Gasteiger partial charge on any atom is -0.483 e. The molecule has 1 N–H and O–H groups in total. The van der Waals surface area contributed by atoms with Crippen molar-refractivity contribution in [2.75, 3.05) is 11.9 Å². The number of ether oxygens (including phenoxy) is 1. The van der Waals surface area contributed by atoms with Gasteiger partial charge in [0.1, 0.15) is 5.75 Å². The molecule has 1 atom stereocenters. The molecule has 0 bridgehead atoms. The summed E-state index contributed by atoms with van der Waals surface area (Å²) >= 11 is 3.04. The van der Waals surface area contributed by atoms with Crippen LogP contribution in [0.1, 0.15) is 75.9 Å². The van der Waals surface area contributed by atoms with Gasteiger partial charge in [0.05, 0.1) is 6.07 Å². The van der Waals surface area contributed by atoms with Crippen LogP contribution < -0.4 is 10.1 Å². The van der Waals surface area contributed by atoms with Crippen LogP contribution in [-0.4, -0.2) is 23.1 Å². The fourth-order valence-electron chi connectivity index (χ4n) is 3.30. The van der Waals surface area contributed by atoms with Crippen LogP contribution >= 0.6 is 15.9 Å². The Morgan fingerprint density at radius 3 is 2.33 bits per heavy atom. The number of nitrogens with zero attached hydrogens (tertiary/aromatic N) is 1. The Morgan fingerprint density at radius 2 is 1.73 bits per heavy atom. The maximum absolute atomic E-state index is 12.6. The number of alkyl halides is 1. The Labute approximate surface area is 205 Å². The van der Waals surface area contributed by atoms with E-state index in [9.17, 15) is 9.59 Å². The number of benzene rings is 2. The molecule has 0 aliphatic rings. The van der Waals surface area contributed by atoms with Gasteiger partial charge in [-0.25, -0.2) is 0 Å². The van der Waals surface area contributed by atoms with Gasteiger partial charge < -0.3 is 10.1 Å². The predicted molar refractivity (Wildman–Crippen MR) is 136 cm³/mol. The summed E-state index contributed by atoms with van der Waals surface area (Å²) in [6.45, 7) is 13.0. The molecule has 33 heavy (non-hydrogen) atoms. The lowest BCUT2D eigenvalue weighted by molar-refractivity contribution is -0.118. The molecule has 0 heterocycles. The third kappa shape index (κ3) is 6.68. The number of carbonyl (C=O) groups is 2. The third-order valence-electron chi connectivity index (χ3n) is 6.39. The van der Waals surface area contributed by atoms with Crippen LogP contribution in [0.15, 0.2) is 42.5 Å². The molecular formula is C27H33BrN2O3. The lowest BCUT2D eigenvalue weighted by Gasteiger charge is -2.30. The number of rotatable bonds is 10. The molecular weight excluding hydrogens is 480 g/mol. The predicted octanol–water partition coefficient (Wildman–Crippen LogP) is 6.55. The molecule has 1 unspecified atom stereocenters. The lowest BCUT2D eigenvalue weighted by atomic mass is 9.76. The molecule has 5 nitrogen and oxygen atoms in total. The second-order valence-corrected chi connectivity index (χ2v) is 10.4. The number of amides is 1. The van der Waals surface area contributed by atoms with Gasteiger partial charge in [0.2, 0.25) is 0 Å². The molecule has 2 rings (SSSR count). The van der Waals surface area contributed by atoms with Crippen molar-refractivity contribution in [1.29, 1.82) is 5.26 Å².